The second kappa shape index (κ2) is 5.28. The number of hydrogen-bond donors (Lipinski definition) is 0. The Morgan fingerprint density at radius 1 is 0.857 bits per heavy atom. The lowest BCUT2D eigenvalue weighted by molar-refractivity contribution is 0.467. The molecule has 0 amide bonds. The Hall–Kier alpha value is -2.22. The normalized spacial score (nSPS) is 20.2. The van der Waals surface area contributed by atoms with E-state index >= 15 is 0 Å². The Balaban J connectivity index is 1.84. The number of allylic oxidation sites excluding steroid dienone is 1. The first kappa shape index (κ1) is 12.5. The zero-order valence-corrected chi connectivity index (χ0v) is 12.0. The number of ether oxygens (including phenoxy) is 1. The van der Waals surface area contributed by atoms with Crippen molar-refractivity contribution in [1.82, 2.24) is 0 Å². The molecule has 0 bridgehead atoms. The van der Waals surface area contributed by atoms with Crippen LogP contribution in [0.25, 0.3) is 0 Å². The maximum atomic E-state index is 6.06. The summed E-state index contributed by atoms with van der Waals surface area (Å²) in [7, 11) is 0. The van der Waals surface area contributed by atoms with E-state index in [1.807, 2.05) is 12.1 Å². The number of rotatable bonds is 1. The van der Waals surface area contributed by atoms with Gasteiger partial charge in [-0.1, -0.05) is 42.8 Å². The molecule has 1 aliphatic carbocycles. The molecular formula is C19H19NO. The van der Waals surface area contributed by atoms with Gasteiger partial charge in [-0.25, -0.2) is 0 Å². The molecule has 1 aliphatic heterocycles. The molecular weight excluding hydrogens is 258 g/mol. The third-order valence-electron chi connectivity index (χ3n) is 4.28. The third-order valence-corrected chi connectivity index (χ3v) is 4.28. The standard InChI is InChI=1S/C19H19NO/c1-2-4-10-15(9-3-1)20-16-11-5-7-13-18(16)21-19-14-8-6-12-17(19)20/h3,5-9,11-15H,1-2,4,10H2/t15-/m1/s1. The van der Waals surface area contributed by atoms with Gasteiger partial charge in [0.05, 0.1) is 17.4 Å². The fourth-order valence-electron chi connectivity index (χ4n) is 3.27. The van der Waals surface area contributed by atoms with E-state index in [1.54, 1.807) is 0 Å². The van der Waals surface area contributed by atoms with Gasteiger partial charge in [0, 0.05) is 0 Å². The minimum atomic E-state index is 0.415. The average molecular weight is 277 g/mol. The Kier molecular flexibility index (Phi) is 3.15. The van der Waals surface area contributed by atoms with E-state index in [-0.39, 0.29) is 0 Å². The predicted molar refractivity (Wildman–Crippen MR) is 86.5 cm³/mol. The van der Waals surface area contributed by atoms with Gasteiger partial charge in [0.1, 0.15) is 0 Å². The van der Waals surface area contributed by atoms with Gasteiger partial charge in [0.15, 0.2) is 11.5 Å². The number of para-hydroxylation sites is 4. The van der Waals surface area contributed by atoms with Crippen molar-refractivity contribution in [3.05, 3.63) is 60.7 Å². The molecule has 2 aromatic rings. The third kappa shape index (κ3) is 2.21. The largest absolute Gasteiger partial charge is 0.453 e. The molecule has 4 rings (SSSR count). The first-order valence-corrected chi connectivity index (χ1v) is 7.75. The number of fused-ring (bicyclic) bond motifs is 2. The van der Waals surface area contributed by atoms with E-state index in [9.17, 15) is 0 Å². The second-order valence-electron chi connectivity index (χ2n) is 5.69. The van der Waals surface area contributed by atoms with Crippen LogP contribution in [0.5, 0.6) is 11.5 Å². The summed E-state index contributed by atoms with van der Waals surface area (Å²) in [6, 6.07) is 17.1. The van der Waals surface area contributed by atoms with Crippen molar-refractivity contribution in [3.8, 4) is 11.5 Å². The average Bonchev–Trinajstić information content (AvgIpc) is 2.81. The molecule has 2 aliphatic rings. The number of nitrogens with zero attached hydrogens (tertiary/aromatic N) is 1. The van der Waals surface area contributed by atoms with Crippen LogP contribution in [-0.4, -0.2) is 6.04 Å². The highest BCUT2D eigenvalue weighted by molar-refractivity contribution is 5.78. The van der Waals surface area contributed by atoms with Crippen molar-refractivity contribution in [2.75, 3.05) is 4.90 Å². The molecule has 0 N–H and O–H groups in total. The van der Waals surface area contributed by atoms with E-state index in [4.69, 9.17) is 4.74 Å². The number of benzene rings is 2. The van der Waals surface area contributed by atoms with Crippen LogP contribution >= 0.6 is 0 Å². The monoisotopic (exact) mass is 277 g/mol. The molecule has 0 fully saturated rings. The lowest BCUT2D eigenvalue weighted by atomic mass is 10.1. The highest BCUT2D eigenvalue weighted by atomic mass is 16.5. The minimum absolute atomic E-state index is 0.415. The fraction of sp³-hybridized carbons (Fsp3) is 0.263. The smallest absolute Gasteiger partial charge is 0.151 e. The lowest BCUT2D eigenvalue weighted by Gasteiger charge is -2.37. The van der Waals surface area contributed by atoms with Crippen LogP contribution in [0.1, 0.15) is 25.7 Å². The molecule has 1 atom stereocenters. The van der Waals surface area contributed by atoms with Gasteiger partial charge in [-0.05, 0) is 43.5 Å². The van der Waals surface area contributed by atoms with E-state index in [0.29, 0.717) is 6.04 Å². The highest BCUT2D eigenvalue weighted by Gasteiger charge is 2.28. The second-order valence-corrected chi connectivity index (χ2v) is 5.69. The molecule has 0 aromatic heterocycles. The summed E-state index contributed by atoms with van der Waals surface area (Å²) in [6.07, 6.45) is 9.66. The van der Waals surface area contributed by atoms with Crippen molar-refractivity contribution in [2.45, 2.75) is 31.7 Å². The number of hydrogen-bond acceptors (Lipinski definition) is 2. The first-order valence-electron chi connectivity index (χ1n) is 7.75. The summed E-state index contributed by atoms with van der Waals surface area (Å²) >= 11 is 0. The number of anilines is 2. The summed E-state index contributed by atoms with van der Waals surface area (Å²) in [5.74, 6) is 1.91. The summed E-state index contributed by atoms with van der Waals surface area (Å²) < 4.78 is 6.06. The topological polar surface area (TPSA) is 12.5 Å². The van der Waals surface area contributed by atoms with Crippen molar-refractivity contribution in [2.24, 2.45) is 0 Å². The summed E-state index contributed by atoms with van der Waals surface area (Å²) in [5.41, 5.74) is 2.35. The van der Waals surface area contributed by atoms with Crippen LogP contribution in [0.15, 0.2) is 60.7 Å². The molecule has 0 radical (unpaired) electrons. The van der Waals surface area contributed by atoms with Crippen LogP contribution in [-0.2, 0) is 0 Å². The minimum Gasteiger partial charge on any atom is -0.453 e. The van der Waals surface area contributed by atoms with Gasteiger partial charge in [-0.3, -0.25) is 0 Å². The van der Waals surface area contributed by atoms with Crippen molar-refractivity contribution in [1.29, 1.82) is 0 Å². The van der Waals surface area contributed by atoms with Gasteiger partial charge in [0.25, 0.3) is 0 Å². The Bertz CT molecular complexity index is 631. The van der Waals surface area contributed by atoms with Crippen molar-refractivity contribution < 1.29 is 4.74 Å². The van der Waals surface area contributed by atoms with Crippen molar-refractivity contribution in [3.63, 3.8) is 0 Å². The zero-order chi connectivity index (χ0) is 14.1. The molecule has 0 saturated heterocycles. The van der Waals surface area contributed by atoms with E-state index in [1.165, 1.54) is 37.1 Å². The van der Waals surface area contributed by atoms with E-state index < -0.39 is 0 Å². The predicted octanol–water partition coefficient (Wildman–Crippen LogP) is 5.43. The fourth-order valence-corrected chi connectivity index (χ4v) is 3.27. The van der Waals surface area contributed by atoms with Gasteiger partial charge in [0.2, 0.25) is 0 Å². The first-order chi connectivity index (χ1) is 10.4. The van der Waals surface area contributed by atoms with E-state index in [0.717, 1.165) is 11.5 Å². The van der Waals surface area contributed by atoms with Gasteiger partial charge < -0.3 is 9.64 Å². The SMILES string of the molecule is C1=C[C@@H](N2c3ccccc3Oc3ccccc32)CCCC1. The van der Waals surface area contributed by atoms with Crippen LogP contribution in [0.3, 0.4) is 0 Å². The van der Waals surface area contributed by atoms with Crippen LogP contribution in [0.2, 0.25) is 0 Å². The molecule has 2 aromatic carbocycles. The van der Waals surface area contributed by atoms with E-state index in [2.05, 4.69) is 53.5 Å². The molecule has 2 heteroatoms. The molecule has 0 spiro atoms. The Morgan fingerprint density at radius 3 is 2.24 bits per heavy atom. The quantitative estimate of drug-likeness (QED) is 0.644. The molecule has 21 heavy (non-hydrogen) atoms. The van der Waals surface area contributed by atoms with Gasteiger partial charge in [-0.2, -0.15) is 0 Å². The lowest BCUT2D eigenvalue weighted by Crippen LogP contribution is -2.31. The molecule has 106 valence electrons. The molecule has 0 saturated carbocycles. The molecule has 1 heterocycles. The summed E-state index contributed by atoms with van der Waals surface area (Å²) in [6.45, 7) is 0. The molecule has 0 unspecified atom stereocenters. The Labute approximate surface area is 125 Å². The van der Waals surface area contributed by atoms with Crippen LogP contribution in [0.4, 0.5) is 11.4 Å². The summed E-state index contributed by atoms with van der Waals surface area (Å²) in [4.78, 5) is 2.44. The maximum absolute atomic E-state index is 6.06. The van der Waals surface area contributed by atoms with Gasteiger partial charge in [-0.15, -0.1) is 0 Å². The molecule has 2 nitrogen and oxygen atoms in total. The highest BCUT2D eigenvalue weighted by Crippen LogP contribution is 2.48. The summed E-state index contributed by atoms with van der Waals surface area (Å²) in [5, 5.41) is 0. The Morgan fingerprint density at radius 2 is 1.52 bits per heavy atom. The van der Waals surface area contributed by atoms with Crippen LogP contribution in [0, 0.1) is 0 Å². The maximum Gasteiger partial charge on any atom is 0.151 e. The zero-order valence-electron chi connectivity index (χ0n) is 12.0. The van der Waals surface area contributed by atoms with Crippen LogP contribution < -0.4 is 9.64 Å². The van der Waals surface area contributed by atoms with Crippen molar-refractivity contribution >= 4 is 11.4 Å². The van der Waals surface area contributed by atoms with Gasteiger partial charge >= 0.3 is 0 Å².